The number of carbonyl (C=O) groups excluding carboxylic acids is 2. The molecule has 116 valence electrons. The minimum atomic E-state index is -0.0825. The van der Waals surface area contributed by atoms with Crippen LogP contribution in [0.5, 0.6) is 0 Å². The van der Waals surface area contributed by atoms with Crippen molar-refractivity contribution in [2.75, 3.05) is 26.2 Å². The van der Waals surface area contributed by atoms with Gasteiger partial charge in [-0.05, 0) is 18.5 Å². The average Bonchev–Trinajstić information content (AvgIpc) is 2.45. The summed E-state index contributed by atoms with van der Waals surface area (Å²) in [6, 6.07) is 10.1. The maximum atomic E-state index is 11.9. The molecule has 2 amide bonds. The highest BCUT2D eigenvalue weighted by Gasteiger charge is 2.10. The molecular weight excluding hydrogens is 266 g/mol. The molecule has 0 saturated heterocycles. The minimum Gasteiger partial charge on any atom is -0.355 e. The number of rotatable bonds is 9. The molecule has 0 fully saturated rings. The van der Waals surface area contributed by atoms with E-state index >= 15 is 0 Å². The van der Waals surface area contributed by atoms with Crippen molar-refractivity contribution in [2.24, 2.45) is 0 Å². The van der Waals surface area contributed by atoms with Gasteiger partial charge in [0.1, 0.15) is 0 Å². The van der Waals surface area contributed by atoms with Crippen LogP contribution in [0.25, 0.3) is 0 Å². The van der Waals surface area contributed by atoms with Gasteiger partial charge in [0.2, 0.25) is 11.8 Å². The van der Waals surface area contributed by atoms with Gasteiger partial charge < -0.3 is 10.6 Å². The molecule has 21 heavy (non-hydrogen) atoms. The van der Waals surface area contributed by atoms with Gasteiger partial charge in [0, 0.05) is 26.6 Å². The highest BCUT2D eigenvalue weighted by atomic mass is 16.2. The first-order valence-electron chi connectivity index (χ1n) is 7.39. The van der Waals surface area contributed by atoms with Crippen LogP contribution >= 0.6 is 0 Å². The predicted molar refractivity (Wildman–Crippen MR) is 83.7 cm³/mol. The Morgan fingerprint density at radius 1 is 1.10 bits per heavy atom. The predicted octanol–water partition coefficient (Wildman–Crippen LogP) is 1.15. The molecule has 0 aliphatic rings. The van der Waals surface area contributed by atoms with Crippen molar-refractivity contribution in [1.82, 2.24) is 15.5 Å². The van der Waals surface area contributed by atoms with E-state index in [9.17, 15) is 9.59 Å². The van der Waals surface area contributed by atoms with E-state index < -0.39 is 0 Å². The van der Waals surface area contributed by atoms with Gasteiger partial charge >= 0.3 is 0 Å². The average molecular weight is 291 g/mol. The third kappa shape index (κ3) is 8.09. The molecule has 5 nitrogen and oxygen atoms in total. The summed E-state index contributed by atoms with van der Waals surface area (Å²) in [5.74, 6) is -0.0920. The molecular formula is C16H25N3O2. The molecule has 0 aromatic heterocycles. The summed E-state index contributed by atoms with van der Waals surface area (Å²) in [6.45, 7) is 6.53. The molecule has 0 radical (unpaired) electrons. The van der Waals surface area contributed by atoms with Crippen molar-refractivity contribution in [3.05, 3.63) is 35.9 Å². The lowest BCUT2D eigenvalue weighted by Crippen LogP contribution is -2.40. The zero-order valence-electron chi connectivity index (χ0n) is 12.9. The number of benzene rings is 1. The number of nitrogens with zero attached hydrogens (tertiary/aromatic N) is 1. The van der Waals surface area contributed by atoms with Crippen molar-refractivity contribution in [3.63, 3.8) is 0 Å². The summed E-state index contributed by atoms with van der Waals surface area (Å²) in [4.78, 5) is 24.7. The van der Waals surface area contributed by atoms with Crippen LogP contribution in [-0.4, -0.2) is 42.9 Å². The lowest BCUT2D eigenvalue weighted by atomic mass is 10.2. The topological polar surface area (TPSA) is 61.4 Å². The molecule has 1 aromatic rings. The van der Waals surface area contributed by atoms with Gasteiger partial charge in [0.15, 0.2) is 0 Å². The molecule has 0 spiro atoms. The van der Waals surface area contributed by atoms with Crippen molar-refractivity contribution in [2.45, 2.75) is 26.8 Å². The second-order valence-corrected chi connectivity index (χ2v) is 5.03. The molecule has 0 unspecified atom stereocenters. The van der Waals surface area contributed by atoms with Crippen LogP contribution in [0.1, 0.15) is 25.8 Å². The van der Waals surface area contributed by atoms with Crippen LogP contribution < -0.4 is 10.6 Å². The second-order valence-electron chi connectivity index (χ2n) is 5.03. The molecule has 0 atom stereocenters. The second kappa shape index (κ2) is 9.94. The third-order valence-corrected chi connectivity index (χ3v) is 2.98. The summed E-state index contributed by atoms with van der Waals surface area (Å²) in [5, 5.41) is 5.47. The summed E-state index contributed by atoms with van der Waals surface area (Å²) >= 11 is 0. The van der Waals surface area contributed by atoms with Gasteiger partial charge in [-0.15, -0.1) is 0 Å². The van der Waals surface area contributed by atoms with Gasteiger partial charge in [-0.2, -0.15) is 0 Å². The molecule has 0 aliphatic carbocycles. The lowest BCUT2D eigenvalue weighted by Gasteiger charge is -2.21. The van der Waals surface area contributed by atoms with E-state index in [4.69, 9.17) is 0 Å². The third-order valence-electron chi connectivity index (χ3n) is 2.98. The van der Waals surface area contributed by atoms with Crippen LogP contribution in [0.2, 0.25) is 0 Å². The fraction of sp³-hybridized carbons (Fsp3) is 0.500. The number of hydrogen-bond acceptors (Lipinski definition) is 3. The Kier molecular flexibility index (Phi) is 8.12. The normalized spacial score (nSPS) is 10.4. The molecule has 0 saturated carbocycles. The van der Waals surface area contributed by atoms with E-state index in [1.54, 1.807) is 0 Å². The Balaban J connectivity index is 2.35. The summed E-state index contributed by atoms with van der Waals surface area (Å²) in [6.07, 6.45) is 1.01. The Morgan fingerprint density at radius 2 is 1.76 bits per heavy atom. The van der Waals surface area contributed by atoms with Gasteiger partial charge in [0.05, 0.1) is 6.54 Å². The van der Waals surface area contributed by atoms with E-state index in [1.807, 2.05) is 18.2 Å². The maximum Gasteiger partial charge on any atom is 0.234 e. The fourth-order valence-electron chi connectivity index (χ4n) is 2.07. The smallest absolute Gasteiger partial charge is 0.234 e. The van der Waals surface area contributed by atoms with Crippen molar-refractivity contribution < 1.29 is 9.59 Å². The molecule has 5 heteroatoms. The zero-order valence-corrected chi connectivity index (χ0v) is 12.9. The molecule has 0 heterocycles. The quantitative estimate of drug-likeness (QED) is 0.671. The maximum absolute atomic E-state index is 11.9. The Bertz CT molecular complexity index is 434. The van der Waals surface area contributed by atoms with E-state index in [2.05, 4.69) is 34.6 Å². The monoisotopic (exact) mass is 291 g/mol. The van der Waals surface area contributed by atoms with Crippen molar-refractivity contribution in [1.29, 1.82) is 0 Å². The molecule has 1 rings (SSSR count). The number of hydrogen-bond donors (Lipinski definition) is 2. The molecule has 2 N–H and O–H groups in total. The lowest BCUT2D eigenvalue weighted by molar-refractivity contribution is -0.123. The number of amides is 2. The van der Waals surface area contributed by atoms with Crippen LogP contribution in [0.3, 0.4) is 0 Å². The first-order valence-corrected chi connectivity index (χ1v) is 7.39. The largest absolute Gasteiger partial charge is 0.355 e. The highest BCUT2D eigenvalue weighted by molar-refractivity contribution is 5.78. The van der Waals surface area contributed by atoms with E-state index in [0.717, 1.165) is 19.5 Å². The van der Waals surface area contributed by atoms with Gasteiger partial charge in [-0.1, -0.05) is 37.3 Å². The van der Waals surface area contributed by atoms with Crippen molar-refractivity contribution in [3.8, 4) is 0 Å². The van der Waals surface area contributed by atoms with E-state index in [0.29, 0.717) is 19.6 Å². The molecule has 0 aliphatic heterocycles. The highest BCUT2D eigenvalue weighted by Crippen LogP contribution is 2.04. The Hall–Kier alpha value is -1.88. The number of nitrogens with one attached hydrogen (secondary N) is 2. The van der Waals surface area contributed by atoms with Gasteiger partial charge in [-0.25, -0.2) is 0 Å². The Labute approximate surface area is 126 Å². The SMILES string of the molecule is CCCN(CC(=O)NCCNC(C)=O)Cc1ccccc1. The van der Waals surface area contributed by atoms with Gasteiger partial charge in [-0.3, -0.25) is 14.5 Å². The Morgan fingerprint density at radius 3 is 2.38 bits per heavy atom. The van der Waals surface area contributed by atoms with E-state index in [-0.39, 0.29) is 11.8 Å². The number of carbonyl (C=O) groups is 2. The minimum absolute atomic E-state index is 0.00951. The fourth-order valence-corrected chi connectivity index (χ4v) is 2.07. The summed E-state index contributed by atoms with van der Waals surface area (Å²) in [5.41, 5.74) is 1.21. The summed E-state index contributed by atoms with van der Waals surface area (Å²) < 4.78 is 0. The van der Waals surface area contributed by atoms with Crippen LogP contribution in [0, 0.1) is 0 Å². The van der Waals surface area contributed by atoms with Crippen molar-refractivity contribution >= 4 is 11.8 Å². The first kappa shape index (κ1) is 17.2. The van der Waals surface area contributed by atoms with Crippen LogP contribution in [0.4, 0.5) is 0 Å². The van der Waals surface area contributed by atoms with E-state index in [1.165, 1.54) is 12.5 Å². The zero-order chi connectivity index (χ0) is 15.5. The molecule has 0 bridgehead atoms. The first-order chi connectivity index (χ1) is 10.1. The van der Waals surface area contributed by atoms with Crippen LogP contribution in [-0.2, 0) is 16.1 Å². The summed E-state index contributed by atoms with van der Waals surface area (Å²) in [7, 11) is 0. The van der Waals surface area contributed by atoms with Crippen LogP contribution in [0.15, 0.2) is 30.3 Å². The standard InChI is InChI=1S/C16H25N3O2/c1-3-11-19(12-15-7-5-4-6-8-15)13-16(21)18-10-9-17-14(2)20/h4-8H,3,9-13H2,1-2H3,(H,17,20)(H,18,21). The van der Waals surface area contributed by atoms with Gasteiger partial charge in [0.25, 0.3) is 0 Å². The molecule has 1 aromatic carbocycles.